The van der Waals surface area contributed by atoms with Gasteiger partial charge in [-0.05, 0) is 6.42 Å². The summed E-state index contributed by atoms with van der Waals surface area (Å²) in [5.74, 6) is 1.05. The average Bonchev–Trinajstić information content (AvgIpc) is 2.35. The molecule has 1 aliphatic heterocycles. The number of carbonyl (C=O) groups excluding carboxylic acids is 1. The van der Waals surface area contributed by atoms with Crippen LogP contribution >= 0.6 is 11.8 Å². The fraction of sp³-hybridized carbons (Fsp3) is 0.857. The van der Waals surface area contributed by atoms with E-state index in [9.17, 15) is 4.79 Å². The van der Waals surface area contributed by atoms with E-state index in [4.69, 9.17) is 0 Å². The molecule has 1 aliphatic rings. The zero-order valence-corrected chi connectivity index (χ0v) is 7.70. The van der Waals surface area contributed by atoms with Gasteiger partial charge in [0, 0.05) is 24.1 Å². The Bertz CT molecular complexity index is 151. The molecule has 1 fully saturated rings. The van der Waals surface area contributed by atoms with Crippen LogP contribution in [-0.2, 0) is 0 Å². The lowest BCUT2D eigenvalue weighted by molar-refractivity contribution is 0.240. The molecule has 0 spiro atoms. The third-order valence-corrected chi connectivity index (χ3v) is 3.12. The van der Waals surface area contributed by atoms with E-state index in [0.717, 1.165) is 12.2 Å². The summed E-state index contributed by atoms with van der Waals surface area (Å²) in [6, 6.07) is 0.305. The van der Waals surface area contributed by atoms with Crippen molar-refractivity contribution in [1.82, 2.24) is 10.6 Å². The third-order valence-electron chi connectivity index (χ3n) is 1.76. The van der Waals surface area contributed by atoms with E-state index in [2.05, 4.69) is 17.6 Å². The zero-order chi connectivity index (χ0) is 8.27. The number of thioether (sulfide) groups is 1. The first-order valence-corrected chi connectivity index (χ1v) is 4.87. The Labute approximate surface area is 71.3 Å². The quantitative estimate of drug-likeness (QED) is 0.617. The van der Waals surface area contributed by atoms with Crippen LogP contribution in [0, 0.1) is 0 Å². The second-order valence-electron chi connectivity index (χ2n) is 2.80. The molecule has 0 aromatic carbocycles. The van der Waals surface area contributed by atoms with Crippen molar-refractivity contribution in [2.45, 2.75) is 24.6 Å². The van der Waals surface area contributed by atoms with E-state index < -0.39 is 0 Å². The SMILES string of the molecule is CNC(=O)NC1CSC(C)C1. The molecule has 2 N–H and O–H groups in total. The summed E-state index contributed by atoms with van der Waals surface area (Å²) < 4.78 is 0. The van der Waals surface area contributed by atoms with Crippen molar-refractivity contribution in [2.75, 3.05) is 12.8 Å². The molecule has 0 bridgehead atoms. The van der Waals surface area contributed by atoms with Crippen molar-refractivity contribution >= 4 is 17.8 Å². The molecular formula is C7H14N2OS. The summed E-state index contributed by atoms with van der Waals surface area (Å²) in [5.41, 5.74) is 0. The third kappa shape index (κ3) is 2.61. The van der Waals surface area contributed by atoms with Crippen molar-refractivity contribution in [3.05, 3.63) is 0 Å². The lowest BCUT2D eigenvalue weighted by Gasteiger charge is -2.10. The molecule has 64 valence electrons. The van der Waals surface area contributed by atoms with Gasteiger partial charge in [-0.1, -0.05) is 6.92 Å². The molecule has 2 atom stereocenters. The summed E-state index contributed by atoms with van der Waals surface area (Å²) in [6.45, 7) is 2.19. The summed E-state index contributed by atoms with van der Waals surface area (Å²) in [4.78, 5) is 10.8. The van der Waals surface area contributed by atoms with Gasteiger partial charge in [0.2, 0.25) is 0 Å². The van der Waals surface area contributed by atoms with Crippen LogP contribution < -0.4 is 10.6 Å². The predicted molar refractivity (Wildman–Crippen MR) is 47.9 cm³/mol. The molecule has 2 unspecified atom stereocenters. The molecule has 0 saturated carbocycles. The van der Waals surface area contributed by atoms with Gasteiger partial charge in [0.1, 0.15) is 0 Å². The van der Waals surface area contributed by atoms with E-state index in [1.807, 2.05) is 11.8 Å². The van der Waals surface area contributed by atoms with Gasteiger partial charge in [0.05, 0.1) is 0 Å². The Morgan fingerprint density at radius 3 is 2.82 bits per heavy atom. The predicted octanol–water partition coefficient (Wildman–Crippen LogP) is 0.809. The van der Waals surface area contributed by atoms with E-state index in [0.29, 0.717) is 11.3 Å². The van der Waals surface area contributed by atoms with E-state index in [1.165, 1.54) is 0 Å². The standard InChI is InChI=1S/C7H14N2OS/c1-5-3-6(4-11-5)9-7(10)8-2/h5-6H,3-4H2,1-2H3,(H2,8,9,10). The molecule has 0 aliphatic carbocycles. The van der Waals surface area contributed by atoms with E-state index in [1.54, 1.807) is 7.05 Å². The molecular weight excluding hydrogens is 160 g/mol. The first-order valence-electron chi connectivity index (χ1n) is 3.82. The van der Waals surface area contributed by atoms with Crippen LogP contribution in [0.15, 0.2) is 0 Å². The summed E-state index contributed by atoms with van der Waals surface area (Å²) in [5, 5.41) is 6.13. The van der Waals surface area contributed by atoms with Crippen LogP contribution in [0.25, 0.3) is 0 Å². The Morgan fingerprint density at radius 1 is 1.64 bits per heavy atom. The first-order chi connectivity index (χ1) is 5.22. The van der Waals surface area contributed by atoms with Crippen LogP contribution in [0.3, 0.4) is 0 Å². The number of urea groups is 1. The molecule has 0 aromatic heterocycles. The van der Waals surface area contributed by atoms with E-state index >= 15 is 0 Å². The maximum atomic E-state index is 10.8. The lowest BCUT2D eigenvalue weighted by atomic mass is 10.2. The maximum Gasteiger partial charge on any atom is 0.314 e. The molecule has 11 heavy (non-hydrogen) atoms. The molecule has 2 amide bonds. The van der Waals surface area contributed by atoms with Crippen molar-refractivity contribution < 1.29 is 4.79 Å². The maximum absolute atomic E-state index is 10.8. The van der Waals surface area contributed by atoms with Gasteiger partial charge in [0.25, 0.3) is 0 Å². The van der Waals surface area contributed by atoms with E-state index in [-0.39, 0.29) is 6.03 Å². The molecule has 3 nitrogen and oxygen atoms in total. The van der Waals surface area contributed by atoms with Gasteiger partial charge in [-0.3, -0.25) is 0 Å². The summed E-state index contributed by atoms with van der Waals surface area (Å²) in [6.07, 6.45) is 1.10. The average molecular weight is 174 g/mol. The highest BCUT2D eigenvalue weighted by Gasteiger charge is 2.22. The van der Waals surface area contributed by atoms with Crippen LogP contribution in [-0.4, -0.2) is 30.1 Å². The highest BCUT2D eigenvalue weighted by molar-refractivity contribution is 8.00. The number of nitrogens with one attached hydrogen (secondary N) is 2. The topological polar surface area (TPSA) is 41.1 Å². The zero-order valence-electron chi connectivity index (χ0n) is 6.89. The normalized spacial score (nSPS) is 30.0. The molecule has 1 rings (SSSR count). The fourth-order valence-electron chi connectivity index (χ4n) is 1.18. The number of carbonyl (C=O) groups is 1. The molecule has 0 aromatic rings. The van der Waals surface area contributed by atoms with Crippen LogP contribution in [0.5, 0.6) is 0 Å². The van der Waals surface area contributed by atoms with Crippen LogP contribution in [0.2, 0.25) is 0 Å². The van der Waals surface area contributed by atoms with Crippen molar-refractivity contribution in [3.8, 4) is 0 Å². The smallest absolute Gasteiger partial charge is 0.314 e. The van der Waals surface area contributed by atoms with Gasteiger partial charge in [0.15, 0.2) is 0 Å². The minimum absolute atomic E-state index is 0.0651. The van der Waals surface area contributed by atoms with Crippen molar-refractivity contribution in [2.24, 2.45) is 0 Å². The Balaban J connectivity index is 2.23. The Hall–Kier alpha value is -0.380. The summed E-state index contributed by atoms with van der Waals surface area (Å²) in [7, 11) is 1.64. The van der Waals surface area contributed by atoms with Crippen LogP contribution in [0.1, 0.15) is 13.3 Å². The van der Waals surface area contributed by atoms with Crippen LogP contribution in [0.4, 0.5) is 4.79 Å². The summed E-state index contributed by atoms with van der Waals surface area (Å²) >= 11 is 1.92. The highest BCUT2D eigenvalue weighted by atomic mass is 32.2. The van der Waals surface area contributed by atoms with Gasteiger partial charge >= 0.3 is 6.03 Å². The number of rotatable bonds is 1. The van der Waals surface area contributed by atoms with Gasteiger partial charge in [-0.15, -0.1) is 0 Å². The first kappa shape index (κ1) is 8.71. The van der Waals surface area contributed by atoms with Gasteiger partial charge in [-0.2, -0.15) is 11.8 Å². The lowest BCUT2D eigenvalue weighted by Crippen LogP contribution is -2.40. The van der Waals surface area contributed by atoms with Crippen molar-refractivity contribution in [3.63, 3.8) is 0 Å². The largest absolute Gasteiger partial charge is 0.341 e. The highest BCUT2D eigenvalue weighted by Crippen LogP contribution is 2.25. The molecule has 4 heteroatoms. The number of hydrogen-bond acceptors (Lipinski definition) is 2. The second kappa shape index (κ2) is 3.85. The minimum Gasteiger partial charge on any atom is -0.341 e. The molecule has 1 heterocycles. The Kier molecular flexibility index (Phi) is 3.05. The van der Waals surface area contributed by atoms with Gasteiger partial charge < -0.3 is 10.6 Å². The van der Waals surface area contributed by atoms with Gasteiger partial charge in [-0.25, -0.2) is 4.79 Å². The minimum atomic E-state index is -0.0651. The fourth-order valence-corrected chi connectivity index (χ4v) is 2.32. The number of amides is 2. The molecule has 1 saturated heterocycles. The molecule has 0 radical (unpaired) electrons. The number of hydrogen-bond donors (Lipinski definition) is 2. The Morgan fingerprint density at radius 2 is 2.36 bits per heavy atom. The van der Waals surface area contributed by atoms with Crippen molar-refractivity contribution in [1.29, 1.82) is 0 Å². The monoisotopic (exact) mass is 174 g/mol. The second-order valence-corrected chi connectivity index (χ2v) is 4.27.